The third-order valence-corrected chi connectivity index (χ3v) is 3.59. The van der Waals surface area contributed by atoms with Crippen LogP contribution in [0.3, 0.4) is 0 Å². The van der Waals surface area contributed by atoms with Crippen molar-refractivity contribution in [3.8, 4) is 0 Å². The van der Waals surface area contributed by atoms with Crippen LogP contribution in [0.25, 0.3) is 0 Å². The van der Waals surface area contributed by atoms with Crippen molar-refractivity contribution >= 4 is 11.9 Å². The van der Waals surface area contributed by atoms with Gasteiger partial charge < -0.3 is 14.2 Å². The molecule has 0 saturated carbocycles. The molecule has 0 rings (SSSR count). The number of unbranched alkanes of at least 4 members (excludes halogenated alkanes) is 2. The minimum atomic E-state index is -0.380. The summed E-state index contributed by atoms with van der Waals surface area (Å²) in [5.41, 5.74) is 0. The van der Waals surface area contributed by atoms with E-state index in [1.165, 1.54) is 26.4 Å². The monoisotopic (exact) mass is 302 g/mol. The maximum atomic E-state index is 11.4. The van der Waals surface area contributed by atoms with Crippen LogP contribution in [-0.4, -0.2) is 39.4 Å². The molecule has 0 spiro atoms. The van der Waals surface area contributed by atoms with E-state index in [-0.39, 0.29) is 24.8 Å². The minimum absolute atomic E-state index is 0.0893. The molecule has 5 heteroatoms. The summed E-state index contributed by atoms with van der Waals surface area (Å²) in [7, 11) is 3.04. The molecule has 0 saturated heterocycles. The molecule has 0 fully saturated rings. The van der Waals surface area contributed by atoms with Gasteiger partial charge in [0.15, 0.2) is 0 Å². The maximum absolute atomic E-state index is 11.4. The summed E-state index contributed by atoms with van der Waals surface area (Å²) in [5.74, 6) is -0.106. The van der Waals surface area contributed by atoms with E-state index in [9.17, 15) is 9.59 Å². The molecular weight excluding hydrogens is 272 g/mol. The van der Waals surface area contributed by atoms with Crippen molar-refractivity contribution in [2.75, 3.05) is 27.4 Å². The predicted molar refractivity (Wildman–Crippen MR) is 81.0 cm³/mol. The Balaban J connectivity index is 3.61. The third kappa shape index (κ3) is 12.4. The molecule has 0 heterocycles. The Labute approximate surface area is 128 Å². The van der Waals surface area contributed by atoms with Gasteiger partial charge in [-0.3, -0.25) is 9.59 Å². The highest BCUT2D eigenvalue weighted by atomic mass is 16.5. The van der Waals surface area contributed by atoms with Crippen molar-refractivity contribution in [3.05, 3.63) is 0 Å². The Morgan fingerprint density at radius 3 is 2.24 bits per heavy atom. The lowest BCUT2D eigenvalue weighted by molar-refractivity contribution is -0.149. The molecule has 0 radical (unpaired) electrons. The lowest BCUT2D eigenvalue weighted by Crippen LogP contribution is -2.12. The van der Waals surface area contributed by atoms with Gasteiger partial charge in [0, 0.05) is 13.7 Å². The van der Waals surface area contributed by atoms with Gasteiger partial charge in [0.1, 0.15) is 0 Å². The van der Waals surface area contributed by atoms with Gasteiger partial charge in [0.2, 0.25) is 0 Å². The highest BCUT2D eigenvalue weighted by Gasteiger charge is 2.10. The maximum Gasteiger partial charge on any atom is 0.306 e. The van der Waals surface area contributed by atoms with Crippen molar-refractivity contribution in [2.45, 2.75) is 58.3 Å². The first kappa shape index (κ1) is 19.9. The van der Waals surface area contributed by atoms with Crippen LogP contribution in [0.1, 0.15) is 58.3 Å². The normalized spacial score (nSPS) is 12.0. The summed E-state index contributed by atoms with van der Waals surface area (Å²) >= 11 is 0. The third-order valence-electron chi connectivity index (χ3n) is 3.59. The summed E-state index contributed by atoms with van der Waals surface area (Å²) in [6.07, 6.45) is 6.83. The van der Waals surface area contributed by atoms with Crippen molar-refractivity contribution in [3.63, 3.8) is 0 Å². The molecule has 5 nitrogen and oxygen atoms in total. The van der Waals surface area contributed by atoms with Crippen LogP contribution >= 0.6 is 0 Å². The summed E-state index contributed by atoms with van der Waals surface area (Å²) in [6, 6.07) is 0. The second kappa shape index (κ2) is 13.9. The summed E-state index contributed by atoms with van der Waals surface area (Å²) in [4.78, 5) is 22.3. The molecule has 0 aliphatic rings. The fourth-order valence-electron chi connectivity index (χ4n) is 2.13. The second-order valence-electron chi connectivity index (χ2n) is 5.20. The summed E-state index contributed by atoms with van der Waals surface area (Å²) in [5, 5.41) is 0. The Morgan fingerprint density at radius 2 is 1.62 bits per heavy atom. The van der Waals surface area contributed by atoms with Crippen LogP contribution in [0, 0.1) is 5.92 Å². The Kier molecular flexibility index (Phi) is 13.1. The van der Waals surface area contributed by atoms with Gasteiger partial charge in [-0.05, 0) is 18.8 Å². The molecule has 0 aliphatic carbocycles. The Bertz CT molecular complexity index is 278. The zero-order valence-corrected chi connectivity index (χ0v) is 13.7. The number of rotatable bonds is 13. The van der Waals surface area contributed by atoms with Crippen molar-refractivity contribution < 1.29 is 23.8 Å². The first-order valence-electron chi connectivity index (χ1n) is 7.85. The molecular formula is C16H30O5. The molecule has 0 amide bonds. The van der Waals surface area contributed by atoms with E-state index in [0.29, 0.717) is 12.5 Å². The average molecular weight is 302 g/mol. The zero-order valence-electron chi connectivity index (χ0n) is 13.7. The molecule has 0 aliphatic heterocycles. The predicted octanol–water partition coefficient (Wildman–Crippen LogP) is 3.11. The quantitative estimate of drug-likeness (QED) is 0.386. The van der Waals surface area contributed by atoms with E-state index in [0.717, 1.165) is 25.9 Å². The topological polar surface area (TPSA) is 61.8 Å². The molecule has 21 heavy (non-hydrogen) atoms. The van der Waals surface area contributed by atoms with Gasteiger partial charge in [-0.1, -0.05) is 32.6 Å². The standard InChI is InChI=1S/C16H30O5/c1-4-14(8-6-5-7-12-19-2)11-13-21-16(18)10-9-15(17)20-3/h14H,4-13H2,1-3H3. The van der Waals surface area contributed by atoms with E-state index in [2.05, 4.69) is 11.7 Å². The fourth-order valence-corrected chi connectivity index (χ4v) is 2.13. The summed E-state index contributed by atoms with van der Waals surface area (Å²) in [6.45, 7) is 3.43. The van der Waals surface area contributed by atoms with E-state index in [1.54, 1.807) is 7.11 Å². The number of carbonyl (C=O) groups excluding carboxylic acids is 2. The van der Waals surface area contributed by atoms with E-state index in [1.807, 2.05) is 0 Å². The largest absolute Gasteiger partial charge is 0.469 e. The average Bonchev–Trinajstić information content (AvgIpc) is 2.50. The number of carbonyl (C=O) groups is 2. The van der Waals surface area contributed by atoms with Crippen LogP contribution in [0.5, 0.6) is 0 Å². The fraction of sp³-hybridized carbons (Fsp3) is 0.875. The van der Waals surface area contributed by atoms with Crippen molar-refractivity contribution in [1.82, 2.24) is 0 Å². The number of esters is 2. The van der Waals surface area contributed by atoms with Gasteiger partial charge in [0.05, 0.1) is 26.6 Å². The van der Waals surface area contributed by atoms with Crippen LogP contribution in [-0.2, 0) is 23.8 Å². The summed E-state index contributed by atoms with van der Waals surface area (Å²) < 4.78 is 14.6. The Hall–Kier alpha value is -1.10. The van der Waals surface area contributed by atoms with Crippen LogP contribution in [0.4, 0.5) is 0 Å². The van der Waals surface area contributed by atoms with Gasteiger partial charge in [0.25, 0.3) is 0 Å². The van der Waals surface area contributed by atoms with E-state index >= 15 is 0 Å². The van der Waals surface area contributed by atoms with E-state index < -0.39 is 0 Å². The van der Waals surface area contributed by atoms with Crippen LogP contribution < -0.4 is 0 Å². The van der Waals surface area contributed by atoms with E-state index in [4.69, 9.17) is 9.47 Å². The van der Waals surface area contributed by atoms with Crippen LogP contribution in [0.15, 0.2) is 0 Å². The smallest absolute Gasteiger partial charge is 0.306 e. The lowest BCUT2D eigenvalue weighted by atomic mass is 9.96. The lowest BCUT2D eigenvalue weighted by Gasteiger charge is -2.14. The zero-order chi connectivity index (χ0) is 15.9. The minimum Gasteiger partial charge on any atom is -0.469 e. The molecule has 1 atom stereocenters. The first-order chi connectivity index (χ1) is 10.1. The molecule has 0 bridgehead atoms. The molecule has 0 aromatic rings. The number of hydrogen-bond donors (Lipinski definition) is 0. The molecule has 1 unspecified atom stereocenters. The van der Waals surface area contributed by atoms with Crippen molar-refractivity contribution in [1.29, 1.82) is 0 Å². The Morgan fingerprint density at radius 1 is 0.905 bits per heavy atom. The highest BCUT2D eigenvalue weighted by Crippen LogP contribution is 2.17. The van der Waals surface area contributed by atoms with Gasteiger partial charge in [-0.15, -0.1) is 0 Å². The molecule has 0 aromatic heterocycles. The van der Waals surface area contributed by atoms with Crippen molar-refractivity contribution in [2.24, 2.45) is 5.92 Å². The number of hydrogen-bond acceptors (Lipinski definition) is 5. The van der Waals surface area contributed by atoms with Gasteiger partial charge in [-0.2, -0.15) is 0 Å². The van der Waals surface area contributed by atoms with Gasteiger partial charge in [-0.25, -0.2) is 0 Å². The molecule has 0 N–H and O–H groups in total. The first-order valence-corrected chi connectivity index (χ1v) is 7.85. The highest BCUT2D eigenvalue weighted by molar-refractivity contribution is 5.77. The van der Waals surface area contributed by atoms with Gasteiger partial charge >= 0.3 is 11.9 Å². The SMILES string of the molecule is CCC(CCCCCOC)CCOC(=O)CCC(=O)OC. The van der Waals surface area contributed by atoms with Crippen LogP contribution in [0.2, 0.25) is 0 Å². The molecule has 0 aromatic carbocycles. The second-order valence-corrected chi connectivity index (χ2v) is 5.20. The number of ether oxygens (including phenoxy) is 3. The molecule has 124 valence electrons. The number of methoxy groups -OCH3 is 2.